The molecule has 0 spiro atoms. The Labute approximate surface area is 97.1 Å². The fourth-order valence-electron chi connectivity index (χ4n) is 2.31. The van der Waals surface area contributed by atoms with Crippen molar-refractivity contribution in [1.29, 1.82) is 0 Å². The summed E-state index contributed by atoms with van der Waals surface area (Å²) < 4.78 is 0. The third-order valence-corrected chi connectivity index (χ3v) is 3.10. The first-order valence-electron chi connectivity index (χ1n) is 5.91. The van der Waals surface area contributed by atoms with Crippen LogP contribution >= 0.6 is 0 Å². The molecule has 88 valence electrons. The first-order valence-corrected chi connectivity index (χ1v) is 5.91. The van der Waals surface area contributed by atoms with Gasteiger partial charge in [-0.2, -0.15) is 5.06 Å². The Hall–Kier alpha value is -0.900. The van der Waals surface area contributed by atoms with Crippen LogP contribution < -0.4 is 5.73 Å². The minimum absolute atomic E-state index is 0.0687. The summed E-state index contributed by atoms with van der Waals surface area (Å²) in [6.45, 7) is 5.95. The summed E-state index contributed by atoms with van der Waals surface area (Å²) in [7, 11) is 0. The molecule has 1 saturated heterocycles. The van der Waals surface area contributed by atoms with E-state index in [-0.39, 0.29) is 12.1 Å². The smallest absolute Gasteiger partial charge is 0.0752 e. The van der Waals surface area contributed by atoms with Gasteiger partial charge in [0.2, 0.25) is 0 Å². The lowest BCUT2D eigenvalue weighted by Crippen LogP contribution is -2.37. The Morgan fingerprint density at radius 1 is 1.38 bits per heavy atom. The molecule has 0 aromatic heterocycles. The van der Waals surface area contributed by atoms with Crippen molar-refractivity contribution in [3.63, 3.8) is 0 Å². The minimum atomic E-state index is 0.0687. The number of rotatable bonds is 3. The van der Waals surface area contributed by atoms with Crippen LogP contribution in [0.3, 0.4) is 0 Å². The van der Waals surface area contributed by atoms with Crippen molar-refractivity contribution in [2.75, 3.05) is 13.2 Å². The number of hydroxylamine groups is 2. The number of aryl methyl sites for hydroxylation is 1. The van der Waals surface area contributed by atoms with E-state index in [0.717, 1.165) is 19.6 Å². The second-order valence-electron chi connectivity index (χ2n) is 4.49. The van der Waals surface area contributed by atoms with Crippen molar-refractivity contribution in [2.45, 2.75) is 32.4 Å². The summed E-state index contributed by atoms with van der Waals surface area (Å²) in [6.07, 6.45) is 1.09. The van der Waals surface area contributed by atoms with Gasteiger partial charge in [-0.05, 0) is 31.4 Å². The van der Waals surface area contributed by atoms with Crippen LogP contribution in [0, 0.1) is 6.92 Å². The molecule has 0 radical (unpaired) electrons. The molecule has 2 N–H and O–H groups in total. The van der Waals surface area contributed by atoms with E-state index in [0.29, 0.717) is 0 Å². The fourth-order valence-corrected chi connectivity index (χ4v) is 2.31. The van der Waals surface area contributed by atoms with Gasteiger partial charge in [0.1, 0.15) is 0 Å². The highest BCUT2D eigenvalue weighted by Gasteiger charge is 2.28. The highest BCUT2D eigenvalue weighted by atomic mass is 16.7. The molecule has 0 saturated carbocycles. The molecule has 0 amide bonds. The maximum absolute atomic E-state index is 6.10. The molecule has 1 aromatic carbocycles. The van der Waals surface area contributed by atoms with E-state index in [1.165, 1.54) is 11.1 Å². The second kappa shape index (κ2) is 4.95. The maximum atomic E-state index is 6.10. The monoisotopic (exact) mass is 220 g/mol. The first kappa shape index (κ1) is 11.6. The predicted octanol–water partition coefficient (Wildman–Crippen LogP) is 2.02. The first-order chi connectivity index (χ1) is 7.70. The Bertz CT molecular complexity index is 346. The van der Waals surface area contributed by atoms with E-state index in [2.05, 4.69) is 31.2 Å². The molecule has 2 unspecified atom stereocenters. The largest absolute Gasteiger partial charge is 0.326 e. The zero-order valence-electron chi connectivity index (χ0n) is 10.0. The molecule has 2 atom stereocenters. The number of nitrogens with two attached hydrogens (primary N) is 1. The van der Waals surface area contributed by atoms with Crippen molar-refractivity contribution < 1.29 is 4.84 Å². The van der Waals surface area contributed by atoms with Crippen LogP contribution in [-0.4, -0.2) is 24.3 Å². The average molecular weight is 220 g/mol. The summed E-state index contributed by atoms with van der Waals surface area (Å²) in [5.74, 6) is 0. The lowest BCUT2D eigenvalue weighted by Gasteiger charge is -2.30. The van der Waals surface area contributed by atoms with E-state index >= 15 is 0 Å². The molecule has 1 fully saturated rings. The van der Waals surface area contributed by atoms with Gasteiger partial charge in [-0.3, -0.25) is 4.84 Å². The van der Waals surface area contributed by atoms with Gasteiger partial charge in [-0.1, -0.05) is 24.3 Å². The summed E-state index contributed by atoms with van der Waals surface area (Å²) in [6, 6.07) is 8.63. The predicted molar refractivity (Wildman–Crippen MR) is 64.8 cm³/mol. The molecule has 3 nitrogen and oxygen atoms in total. The molecule has 1 heterocycles. The van der Waals surface area contributed by atoms with Crippen molar-refractivity contribution >= 4 is 0 Å². The van der Waals surface area contributed by atoms with Gasteiger partial charge in [-0.15, -0.1) is 0 Å². The van der Waals surface area contributed by atoms with Gasteiger partial charge >= 0.3 is 0 Å². The van der Waals surface area contributed by atoms with E-state index < -0.39 is 0 Å². The standard InChI is InChI=1S/C13H20N2O/c1-10-6-3-4-7-12(10)13(11(2)14)15-8-5-9-16-15/h3-4,6-7,11,13H,5,8-9,14H2,1-2H3. The molecular formula is C13H20N2O. The van der Waals surface area contributed by atoms with Crippen molar-refractivity contribution in [3.05, 3.63) is 35.4 Å². The molecule has 0 bridgehead atoms. The van der Waals surface area contributed by atoms with Gasteiger partial charge in [-0.25, -0.2) is 0 Å². The van der Waals surface area contributed by atoms with Crippen LogP contribution in [0.4, 0.5) is 0 Å². The van der Waals surface area contributed by atoms with Crippen LogP contribution in [0.5, 0.6) is 0 Å². The molecule has 1 aliphatic heterocycles. The van der Waals surface area contributed by atoms with Crippen LogP contribution in [-0.2, 0) is 4.84 Å². The summed E-state index contributed by atoms with van der Waals surface area (Å²) >= 11 is 0. The average Bonchev–Trinajstić information content (AvgIpc) is 2.74. The number of nitrogens with zero attached hydrogens (tertiary/aromatic N) is 1. The van der Waals surface area contributed by atoms with Gasteiger partial charge in [0.05, 0.1) is 12.6 Å². The van der Waals surface area contributed by atoms with Crippen LogP contribution in [0.25, 0.3) is 0 Å². The molecular weight excluding hydrogens is 200 g/mol. The van der Waals surface area contributed by atoms with Crippen LogP contribution in [0.1, 0.15) is 30.5 Å². The maximum Gasteiger partial charge on any atom is 0.0752 e. The van der Waals surface area contributed by atoms with Gasteiger partial charge in [0.15, 0.2) is 0 Å². The summed E-state index contributed by atoms with van der Waals surface area (Å²) in [4.78, 5) is 5.64. The topological polar surface area (TPSA) is 38.5 Å². The van der Waals surface area contributed by atoms with Crippen molar-refractivity contribution in [1.82, 2.24) is 5.06 Å². The second-order valence-corrected chi connectivity index (χ2v) is 4.49. The van der Waals surface area contributed by atoms with E-state index in [1.807, 2.05) is 12.0 Å². The third kappa shape index (κ3) is 2.26. The van der Waals surface area contributed by atoms with Gasteiger partial charge in [0.25, 0.3) is 0 Å². The molecule has 1 aliphatic rings. The zero-order chi connectivity index (χ0) is 11.5. The van der Waals surface area contributed by atoms with Crippen LogP contribution in [0.15, 0.2) is 24.3 Å². The SMILES string of the molecule is Cc1ccccc1C(C(C)N)N1CCCO1. The Balaban J connectivity index is 2.28. The van der Waals surface area contributed by atoms with Gasteiger partial charge < -0.3 is 5.73 Å². The quantitative estimate of drug-likeness (QED) is 0.847. The molecule has 0 aliphatic carbocycles. The van der Waals surface area contributed by atoms with Crippen molar-refractivity contribution in [2.24, 2.45) is 5.73 Å². The summed E-state index contributed by atoms with van der Waals surface area (Å²) in [5, 5.41) is 2.03. The highest BCUT2D eigenvalue weighted by molar-refractivity contribution is 5.29. The van der Waals surface area contributed by atoms with E-state index in [4.69, 9.17) is 10.6 Å². The van der Waals surface area contributed by atoms with Crippen LogP contribution in [0.2, 0.25) is 0 Å². The number of benzene rings is 1. The minimum Gasteiger partial charge on any atom is -0.326 e. The number of hydrogen-bond donors (Lipinski definition) is 1. The molecule has 2 rings (SSSR count). The normalized spacial score (nSPS) is 20.9. The lowest BCUT2D eigenvalue weighted by atomic mass is 9.96. The Morgan fingerprint density at radius 3 is 2.69 bits per heavy atom. The Kier molecular flexibility index (Phi) is 3.59. The molecule has 1 aromatic rings. The van der Waals surface area contributed by atoms with Crippen molar-refractivity contribution in [3.8, 4) is 0 Å². The Morgan fingerprint density at radius 2 is 2.12 bits per heavy atom. The summed E-state index contributed by atoms with van der Waals surface area (Å²) in [5.41, 5.74) is 8.65. The van der Waals surface area contributed by atoms with E-state index in [9.17, 15) is 0 Å². The highest BCUT2D eigenvalue weighted by Crippen LogP contribution is 2.28. The zero-order valence-corrected chi connectivity index (χ0v) is 10.0. The number of hydrogen-bond acceptors (Lipinski definition) is 3. The molecule has 16 heavy (non-hydrogen) atoms. The van der Waals surface area contributed by atoms with E-state index in [1.54, 1.807) is 0 Å². The molecule has 3 heteroatoms. The lowest BCUT2D eigenvalue weighted by molar-refractivity contribution is -0.147. The fraction of sp³-hybridized carbons (Fsp3) is 0.538. The third-order valence-electron chi connectivity index (χ3n) is 3.10. The van der Waals surface area contributed by atoms with Gasteiger partial charge in [0, 0.05) is 12.6 Å².